The summed E-state index contributed by atoms with van der Waals surface area (Å²) in [5.74, 6) is 0.589. The van der Waals surface area contributed by atoms with Gasteiger partial charge in [0.25, 0.3) is 5.91 Å². The second kappa shape index (κ2) is 6.47. The molecule has 1 aromatic heterocycles. The molecule has 0 bridgehead atoms. The topological polar surface area (TPSA) is 61.4 Å². The van der Waals surface area contributed by atoms with E-state index in [1.54, 1.807) is 20.3 Å². The first kappa shape index (κ1) is 13.7. The number of carbonyl (C=O) groups is 1. The molecule has 1 aromatic rings. The summed E-state index contributed by atoms with van der Waals surface area (Å²) in [5, 5.41) is 3.23. The second-order valence-corrected chi connectivity index (χ2v) is 4.96. The van der Waals surface area contributed by atoms with E-state index >= 15 is 0 Å². The van der Waals surface area contributed by atoms with Crippen molar-refractivity contribution < 1.29 is 4.79 Å². The number of anilines is 1. The standard InChI is InChI=1S/C13H21N5O/c1-17(2)13(19)11-9-16-12(10-15-11)14-5-8-18-6-3-4-7-18/h9-10H,3-8H2,1-2H3,(H,14,16). The van der Waals surface area contributed by atoms with Gasteiger partial charge in [-0.25, -0.2) is 9.97 Å². The van der Waals surface area contributed by atoms with E-state index in [1.807, 2.05) is 0 Å². The van der Waals surface area contributed by atoms with Crippen molar-refractivity contribution in [1.29, 1.82) is 0 Å². The molecule has 0 aliphatic carbocycles. The fraction of sp³-hybridized carbons (Fsp3) is 0.615. The molecule has 2 heterocycles. The molecular formula is C13H21N5O. The maximum atomic E-state index is 11.6. The summed E-state index contributed by atoms with van der Waals surface area (Å²) in [6.07, 6.45) is 5.74. The van der Waals surface area contributed by atoms with Gasteiger partial charge in [-0.15, -0.1) is 0 Å². The van der Waals surface area contributed by atoms with Gasteiger partial charge in [-0.1, -0.05) is 0 Å². The molecule has 0 spiro atoms. The zero-order valence-electron chi connectivity index (χ0n) is 11.6. The molecule has 6 nitrogen and oxygen atoms in total. The van der Waals surface area contributed by atoms with Crippen LogP contribution < -0.4 is 5.32 Å². The summed E-state index contributed by atoms with van der Waals surface area (Å²) >= 11 is 0. The Labute approximate surface area is 113 Å². The summed E-state index contributed by atoms with van der Waals surface area (Å²) in [5.41, 5.74) is 0.370. The Kier molecular flexibility index (Phi) is 4.68. The molecule has 1 saturated heterocycles. The highest BCUT2D eigenvalue weighted by Crippen LogP contribution is 2.07. The minimum atomic E-state index is -0.129. The summed E-state index contributed by atoms with van der Waals surface area (Å²) in [4.78, 5) is 23.9. The van der Waals surface area contributed by atoms with Crippen LogP contribution in [0, 0.1) is 0 Å². The number of aromatic nitrogens is 2. The number of carbonyl (C=O) groups excluding carboxylic acids is 1. The molecule has 104 valence electrons. The summed E-state index contributed by atoms with van der Waals surface area (Å²) in [6.45, 7) is 4.28. The Hall–Kier alpha value is -1.69. The van der Waals surface area contributed by atoms with Gasteiger partial charge in [-0.3, -0.25) is 4.79 Å². The predicted octanol–water partition coefficient (Wildman–Crippen LogP) is 0.686. The maximum absolute atomic E-state index is 11.6. The third-order valence-corrected chi connectivity index (χ3v) is 3.21. The van der Waals surface area contributed by atoms with Gasteiger partial charge < -0.3 is 15.1 Å². The van der Waals surface area contributed by atoms with Gasteiger partial charge in [0, 0.05) is 27.2 Å². The van der Waals surface area contributed by atoms with E-state index in [0.717, 1.165) is 18.9 Å². The van der Waals surface area contributed by atoms with E-state index in [-0.39, 0.29) is 5.91 Å². The van der Waals surface area contributed by atoms with Crippen molar-refractivity contribution in [1.82, 2.24) is 19.8 Å². The molecule has 1 amide bonds. The molecule has 1 aliphatic rings. The lowest BCUT2D eigenvalue weighted by Crippen LogP contribution is -2.26. The van der Waals surface area contributed by atoms with E-state index in [9.17, 15) is 4.79 Å². The molecule has 19 heavy (non-hydrogen) atoms. The number of nitrogens with one attached hydrogen (secondary N) is 1. The fourth-order valence-electron chi connectivity index (χ4n) is 2.11. The van der Waals surface area contributed by atoms with Gasteiger partial charge in [0.2, 0.25) is 0 Å². The van der Waals surface area contributed by atoms with Crippen molar-refractivity contribution in [2.24, 2.45) is 0 Å². The van der Waals surface area contributed by atoms with Gasteiger partial charge in [0.05, 0.1) is 12.4 Å². The highest BCUT2D eigenvalue weighted by molar-refractivity contribution is 5.91. The van der Waals surface area contributed by atoms with Crippen LogP contribution in [0.15, 0.2) is 12.4 Å². The second-order valence-electron chi connectivity index (χ2n) is 4.96. The average molecular weight is 263 g/mol. The van der Waals surface area contributed by atoms with Crippen molar-refractivity contribution in [3.8, 4) is 0 Å². The van der Waals surface area contributed by atoms with Crippen LogP contribution in [-0.2, 0) is 0 Å². The molecule has 0 atom stereocenters. The smallest absolute Gasteiger partial charge is 0.273 e. The Morgan fingerprint density at radius 3 is 2.63 bits per heavy atom. The highest BCUT2D eigenvalue weighted by atomic mass is 16.2. The monoisotopic (exact) mass is 263 g/mol. The molecule has 0 unspecified atom stereocenters. The Balaban J connectivity index is 1.79. The van der Waals surface area contributed by atoms with Crippen LogP contribution in [0.2, 0.25) is 0 Å². The first-order valence-corrected chi connectivity index (χ1v) is 6.67. The van der Waals surface area contributed by atoms with Gasteiger partial charge >= 0.3 is 0 Å². The van der Waals surface area contributed by atoms with E-state index in [0.29, 0.717) is 5.69 Å². The summed E-state index contributed by atoms with van der Waals surface area (Å²) in [6, 6.07) is 0. The number of amides is 1. The maximum Gasteiger partial charge on any atom is 0.273 e. The molecule has 6 heteroatoms. The molecule has 0 radical (unpaired) electrons. The summed E-state index contributed by atoms with van der Waals surface area (Å²) in [7, 11) is 3.40. The third kappa shape index (κ3) is 3.89. The lowest BCUT2D eigenvalue weighted by Gasteiger charge is -2.15. The van der Waals surface area contributed by atoms with Crippen molar-refractivity contribution in [2.45, 2.75) is 12.8 Å². The number of hydrogen-bond donors (Lipinski definition) is 1. The van der Waals surface area contributed by atoms with Crippen molar-refractivity contribution >= 4 is 11.7 Å². The SMILES string of the molecule is CN(C)C(=O)c1cnc(NCCN2CCCC2)cn1. The van der Waals surface area contributed by atoms with Gasteiger partial charge in [-0.2, -0.15) is 0 Å². The largest absolute Gasteiger partial charge is 0.368 e. The van der Waals surface area contributed by atoms with Gasteiger partial charge in [0.15, 0.2) is 0 Å². The van der Waals surface area contributed by atoms with Crippen LogP contribution in [0.25, 0.3) is 0 Å². The van der Waals surface area contributed by atoms with Crippen molar-refractivity contribution in [3.05, 3.63) is 18.1 Å². The number of hydrogen-bond acceptors (Lipinski definition) is 5. The number of likely N-dealkylation sites (tertiary alicyclic amines) is 1. The average Bonchev–Trinajstić information content (AvgIpc) is 2.92. The van der Waals surface area contributed by atoms with Crippen LogP contribution in [0.3, 0.4) is 0 Å². The van der Waals surface area contributed by atoms with Crippen LogP contribution in [0.1, 0.15) is 23.3 Å². The molecule has 1 fully saturated rings. The third-order valence-electron chi connectivity index (χ3n) is 3.21. The Bertz CT molecular complexity index is 412. The molecule has 0 aromatic carbocycles. The molecule has 1 N–H and O–H groups in total. The zero-order valence-corrected chi connectivity index (χ0v) is 11.6. The first-order valence-electron chi connectivity index (χ1n) is 6.67. The van der Waals surface area contributed by atoms with E-state index < -0.39 is 0 Å². The van der Waals surface area contributed by atoms with Crippen LogP contribution >= 0.6 is 0 Å². The number of rotatable bonds is 5. The quantitative estimate of drug-likeness (QED) is 0.846. The van der Waals surface area contributed by atoms with Crippen LogP contribution in [0.5, 0.6) is 0 Å². The van der Waals surface area contributed by atoms with Crippen molar-refractivity contribution in [2.75, 3.05) is 45.6 Å². The number of nitrogens with zero attached hydrogens (tertiary/aromatic N) is 4. The molecule has 0 saturated carbocycles. The Morgan fingerprint density at radius 2 is 2.05 bits per heavy atom. The molecule has 1 aliphatic heterocycles. The fourth-order valence-corrected chi connectivity index (χ4v) is 2.11. The molecule has 2 rings (SSSR count). The van der Waals surface area contributed by atoms with E-state index in [4.69, 9.17) is 0 Å². The first-order chi connectivity index (χ1) is 9.16. The van der Waals surface area contributed by atoms with Crippen LogP contribution in [0.4, 0.5) is 5.82 Å². The Morgan fingerprint density at radius 1 is 1.32 bits per heavy atom. The summed E-state index contributed by atoms with van der Waals surface area (Å²) < 4.78 is 0. The highest BCUT2D eigenvalue weighted by Gasteiger charge is 2.11. The van der Waals surface area contributed by atoms with E-state index in [2.05, 4.69) is 20.2 Å². The lowest BCUT2D eigenvalue weighted by atomic mass is 10.4. The molecular weight excluding hydrogens is 242 g/mol. The van der Waals surface area contributed by atoms with Gasteiger partial charge in [0.1, 0.15) is 11.5 Å². The minimum absolute atomic E-state index is 0.129. The zero-order chi connectivity index (χ0) is 13.7. The lowest BCUT2D eigenvalue weighted by molar-refractivity contribution is 0.0821. The predicted molar refractivity (Wildman–Crippen MR) is 74.2 cm³/mol. The van der Waals surface area contributed by atoms with Gasteiger partial charge in [-0.05, 0) is 25.9 Å². The van der Waals surface area contributed by atoms with E-state index in [1.165, 1.54) is 37.0 Å². The minimum Gasteiger partial charge on any atom is -0.368 e. The normalized spacial score (nSPS) is 15.5. The van der Waals surface area contributed by atoms with Crippen molar-refractivity contribution in [3.63, 3.8) is 0 Å². The van der Waals surface area contributed by atoms with Crippen LogP contribution in [-0.4, -0.2) is 65.9 Å².